The van der Waals surface area contributed by atoms with E-state index in [1.165, 1.54) is 17.0 Å². The molecule has 0 aromatic heterocycles. The lowest BCUT2D eigenvalue weighted by atomic mass is 9.96. The first-order valence-electron chi connectivity index (χ1n) is 6.20. The monoisotopic (exact) mass is 335 g/mol. The van der Waals surface area contributed by atoms with E-state index in [0.717, 1.165) is 5.56 Å². The van der Waals surface area contributed by atoms with E-state index in [1.807, 2.05) is 12.2 Å². The number of likely N-dealkylation sites (tertiary alicyclic amines) is 1. The predicted molar refractivity (Wildman–Crippen MR) is 75.4 cm³/mol. The molecule has 20 heavy (non-hydrogen) atoms. The van der Waals surface area contributed by atoms with Gasteiger partial charge in [-0.1, -0.05) is 40.2 Å². The van der Waals surface area contributed by atoms with Crippen molar-refractivity contribution in [3.8, 4) is 0 Å². The number of hydrogen-bond donors (Lipinski definition) is 0. The van der Waals surface area contributed by atoms with E-state index >= 15 is 0 Å². The lowest BCUT2D eigenvalue weighted by molar-refractivity contribution is -0.140. The molecular weight excluding hydrogens is 325 g/mol. The number of fused-ring (bicyclic) bond motifs is 1. The second-order valence-electron chi connectivity index (χ2n) is 4.78. The average molecular weight is 336 g/mol. The first kappa shape index (κ1) is 13.2. The van der Waals surface area contributed by atoms with Crippen LogP contribution in [-0.2, 0) is 16.1 Å². The molecule has 3 rings (SSSR count). The molecule has 2 atom stereocenters. The van der Waals surface area contributed by atoms with Gasteiger partial charge in [0.2, 0.25) is 5.78 Å². The Bertz CT molecular complexity index is 636. The van der Waals surface area contributed by atoms with Gasteiger partial charge in [0.15, 0.2) is 0 Å². The fourth-order valence-electron chi connectivity index (χ4n) is 2.49. The number of amides is 1. The zero-order valence-electron chi connectivity index (χ0n) is 10.4. The molecule has 1 amide bonds. The van der Waals surface area contributed by atoms with Crippen LogP contribution in [0.5, 0.6) is 0 Å². The van der Waals surface area contributed by atoms with Crippen molar-refractivity contribution in [3.05, 3.63) is 59.6 Å². The fraction of sp³-hybridized carbons (Fsp3) is 0.200. The Morgan fingerprint density at radius 1 is 1.20 bits per heavy atom. The summed E-state index contributed by atoms with van der Waals surface area (Å²) in [6.45, 7) is 0.279. The Balaban J connectivity index is 1.91. The van der Waals surface area contributed by atoms with Crippen molar-refractivity contribution in [1.82, 2.24) is 4.90 Å². The van der Waals surface area contributed by atoms with Gasteiger partial charge in [0, 0.05) is 10.5 Å². The van der Waals surface area contributed by atoms with Crippen LogP contribution in [0.2, 0.25) is 0 Å². The molecule has 1 saturated heterocycles. The first-order chi connectivity index (χ1) is 9.58. The molecule has 1 aromatic rings. The molecule has 1 aliphatic carbocycles. The second kappa shape index (κ2) is 4.98. The average Bonchev–Trinajstić information content (AvgIpc) is 2.67. The zero-order chi connectivity index (χ0) is 14.3. The lowest BCUT2D eigenvalue weighted by Gasteiger charge is -2.22. The van der Waals surface area contributed by atoms with Gasteiger partial charge < -0.3 is 4.90 Å². The van der Waals surface area contributed by atoms with Gasteiger partial charge in [-0.15, -0.1) is 0 Å². The third-order valence-electron chi connectivity index (χ3n) is 3.50. The number of allylic oxidation sites excluding steroid dienone is 4. The van der Waals surface area contributed by atoms with E-state index in [2.05, 4.69) is 15.9 Å². The third kappa shape index (κ3) is 2.12. The van der Waals surface area contributed by atoms with Crippen molar-refractivity contribution in [3.63, 3.8) is 0 Å². The molecule has 2 unspecified atom stereocenters. The smallest absolute Gasteiger partial charge is 0.295 e. The van der Waals surface area contributed by atoms with Gasteiger partial charge >= 0.3 is 0 Å². The standard InChI is InChI=1S/C15H11BrFNO2/c16-11-2-1-3-12-13(11)14(19)15(20)18(12)8-9-4-6-10(17)7-5-9/h1-7,11,13H,8H2. The minimum absolute atomic E-state index is 0.155. The zero-order valence-corrected chi connectivity index (χ0v) is 12.0. The van der Waals surface area contributed by atoms with Gasteiger partial charge in [0.25, 0.3) is 5.91 Å². The van der Waals surface area contributed by atoms with Crippen LogP contribution < -0.4 is 0 Å². The highest BCUT2D eigenvalue weighted by Crippen LogP contribution is 2.36. The fourth-order valence-corrected chi connectivity index (χ4v) is 3.18. The van der Waals surface area contributed by atoms with Crippen LogP contribution in [0.1, 0.15) is 5.56 Å². The number of ketones is 1. The lowest BCUT2D eigenvalue weighted by Crippen LogP contribution is -2.26. The summed E-state index contributed by atoms with van der Waals surface area (Å²) in [7, 11) is 0. The van der Waals surface area contributed by atoms with Crippen molar-refractivity contribution in [1.29, 1.82) is 0 Å². The maximum absolute atomic E-state index is 12.9. The van der Waals surface area contributed by atoms with Crippen molar-refractivity contribution in [2.75, 3.05) is 0 Å². The molecule has 1 heterocycles. The summed E-state index contributed by atoms with van der Waals surface area (Å²) < 4.78 is 12.9. The van der Waals surface area contributed by atoms with E-state index < -0.39 is 17.6 Å². The van der Waals surface area contributed by atoms with Gasteiger partial charge in [-0.3, -0.25) is 9.59 Å². The van der Waals surface area contributed by atoms with E-state index in [4.69, 9.17) is 0 Å². The van der Waals surface area contributed by atoms with Gasteiger partial charge in [-0.05, 0) is 23.8 Å². The summed E-state index contributed by atoms with van der Waals surface area (Å²) in [4.78, 5) is 25.5. The number of Topliss-reactive ketones (excluding diaryl/α,β-unsaturated/α-hetero) is 1. The topological polar surface area (TPSA) is 37.4 Å². The maximum atomic E-state index is 12.9. The summed E-state index contributed by atoms with van der Waals surface area (Å²) in [5.74, 6) is -1.67. The van der Waals surface area contributed by atoms with E-state index in [0.29, 0.717) is 5.70 Å². The molecule has 0 saturated carbocycles. The molecule has 1 fully saturated rings. The predicted octanol–water partition coefficient (Wildman–Crippen LogP) is 2.57. The molecule has 5 heteroatoms. The van der Waals surface area contributed by atoms with E-state index in [-0.39, 0.29) is 17.2 Å². The van der Waals surface area contributed by atoms with Crippen LogP contribution in [0.15, 0.2) is 48.2 Å². The molecular formula is C15H11BrFNO2. The van der Waals surface area contributed by atoms with Gasteiger partial charge in [-0.25, -0.2) is 4.39 Å². The Morgan fingerprint density at radius 3 is 2.60 bits per heavy atom. The van der Waals surface area contributed by atoms with Crippen molar-refractivity contribution in [2.45, 2.75) is 11.4 Å². The molecule has 0 radical (unpaired) electrons. The van der Waals surface area contributed by atoms with Gasteiger partial charge in [-0.2, -0.15) is 0 Å². The minimum Gasteiger partial charge on any atom is -0.304 e. The Morgan fingerprint density at radius 2 is 1.90 bits per heavy atom. The number of alkyl halides is 1. The summed E-state index contributed by atoms with van der Waals surface area (Å²) >= 11 is 3.41. The largest absolute Gasteiger partial charge is 0.304 e. The molecule has 1 aromatic carbocycles. The number of nitrogens with zero attached hydrogens (tertiary/aromatic N) is 1. The molecule has 1 aliphatic heterocycles. The minimum atomic E-state index is -0.501. The highest BCUT2D eigenvalue weighted by atomic mass is 79.9. The number of carbonyl (C=O) groups excluding carboxylic acids is 2. The summed E-state index contributed by atoms with van der Waals surface area (Å²) in [6.07, 6.45) is 5.46. The molecule has 102 valence electrons. The van der Waals surface area contributed by atoms with Crippen LogP contribution >= 0.6 is 15.9 Å². The van der Waals surface area contributed by atoms with Crippen molar-refractivity contribution >= 4 is 27.6 Å². The first-order valence-corrected chi connectivity index (χ1v) is 7.12. The number of halogens is 2. The maximum Gasteiger partial charge on any atom is 0.295 e. The quantitative estimate of drug-likeness (QED) is 0.615. The molecule has 0 spiro atoms. The Kier molecular flexibility index (Phi) is 3.30. The van der Waals surface area contributed by atoms with Crippen LogP contribution in [0.3, 0.4) is 0 Å². The van der Waals surface area contributed by atoms with Crippen LogP contribution in [-0.4, -0.2) is 21.4 Å². The Hall–Kier alpha value is -1.75. The molecule has 2 aliphatic rings. The highest BCUT2D eigenvalue weighted by Gasteiger charge is 2.46. The van der Waals surface area contributed by atoms with Crippen molar-refractivity contribution < 1.29 is 14.0 Å². The van der Waals surface area contributed by atoms with Gasteiger partial charge in [0.1, 0.15) is 5.82 Å². The summed E-state index contributed by atoms with van der Waals surface area (Å²) in [6, 6.07) is 5.92. The third-order valence-corrected chi connectivity index (χ3v) is 4.34. The second-order valence-corrected chi connectivity index (χ2v) is 5.84. The molecule has 0 bridgehead atoms. The van der Waals surface area contributed by atoms with Crippen LogP contribution in [0.4, 0.5) is 4.39 Å². The van der Waals surface area contributed by atoms with Crippen LogP contribution in [0, 0.1) is 11.7 Å². The SMILES string of the molecule is O=C1C(=O)N(Cc2ccc(F)cc2)C2=CC=CC(Br)C12. The molecule has 0 N–H and O–H groups in total. The normalized spacial score (nSPS) is 24.9. The Labute approximate surface area is 123 Å². The van der Waals surface area contributed by atoms with Crippen molar-refractivity contribution in [2.24, 2.45) is 5.92 Å². The number of hydrogen-bond acceptors (Lipinski definition) is 2. The van der Waals surface area contributed by atoms with E-state index in [1.54, 1.807) is 18.2 Å². The summed E-state index contributed by atoms with van der Waals surface area (Å²) in [5.41, 5.74) is 1.49. The van der Waals surface area contributed by atoms with E-state index in [9.17, 15) is 14.0 Å². The van der Waals surface area contributed by atoms with Gasteiger partial charge in [0.05, 0.1) is 12.5 Å². The molecule has 3 nitrogen and oxygen atoms in total. The number of rotatable bonds is 2. The number of benzene rings is 1. The number of carbonyl (C=O) groups is 2. The summed E-state index contributed by atoms with van der Waals surface area (Å²) in [5, 5.41) is 0. The highest BCUT2D eigenvalue weighted by molar-refractivity contribution is 9.09. The van der Waals surface area contributed by atoms with Crippen LogP contribution in [0.25, 0.3) is 0 Å².